The van der Waals surface area contributed by atoms with Crippen LogP contribution in [-0.2, 0) is 16.0 Å². The van der Waals surface area contributed by atoms with Gasteiger partial charge in [0.15, 0.2) is 0 Å². The molecule has 2 aliphatic heterocycles. The molecule has 0 radical (unpaired) electrons. The number of aryl methyl sites for hydroxylation is 1. The molecule has 2 fully saturated rings. The molecule has 2 saturated heterocycles. The van der Waals surface area contributed by atoms with Crippen LogP contribution >= 0.6 is 0 Å². The van der Waals surface area contributed by atoms with Crippen LogP contribution in [0.4, 0.5) is 0 Å². The molecular formula is C23H30N4O2. The average Bonchev–Trinajstić information content (AvgIpc) is 3.27. The summed E-state index contributed by atoms with van der Waals surface area (Å²) in [7, 11) is 0. The number of nitrogens with zero attached hydrogens (tertiary/aromatic N) is 4. The van der Waals surface area contributed by atoms with Gasteiger partial charge in [-0.15, -0.1) is 0 Å². The quantitative estimate of drug-likeness (QED) is 0.783. The first kappa shape index (κ1) is 19.7. The summed E-state index contributed by atoms with van der Waals surface area (Å²) in [5.74, 6) is 0.590. The summed E-state index contributed by atoms with van der Waals surface area (Å²) >= 11 is 0. The summed E-state index contributed by atoms with van der Waals surface area (Å²) in [5.41, 5.74) is 2.09. The van der Waals surface area contributed by atoms with Gasteiger partial charge < -0.3 is 9.80 Å². The maximum Gasteiger partial charge on any atom is 0.225 e. The third-order valence-corrected chi connectivity index (χ3v) is 6.15. The Kier molecular flexibility index (Phi) is 6.27. The van der Waals surface area contributed by atoms with Gasteiger partial charge in [0, 0.05) is 44.7 Å². The number of piperidine rings is 2. The minimum absolute atomic E-state index is 0.0984. The van der Waals surface area contributed by atoms with Gasteiger partial charge in [0.25, 0.3) is 0 Å². The summed E-state index contributed by atoms with van der Waals surface area (Å²) in [4.78, 5) is 29.3. The van der Waals surface area contributed by atoms with E-state index in [0.717, 1.165) is 50.0 Å². The minimum atomic E-state index is 0.0984. The number of aromatic nitrogens is 2. The second kappa shape index (κ2) is 9.25. The van der Waals surface area contributed by atoms with E-state index < -0.39 is 0 Å². The lowest BCUT2D eigenvalue weighted by Gasteiger charge is -2.35. The molecule has 2 aromatic rings. The third kappa shape index (κ3) is 4.86. The van der Waals surface area contributed by atoms with Crippen LogP contribution in [0.15, 0.2) is 42.7 Å². The largest absolute Gasteiger partial charge is 0.343 e. The van der Waals surface area contributed by atoms with Crippen molar-refractivity contribution in [2.24, 2.45) is 5.92 Å². The van der Waals surface area contributed by atoms with Gasteiger partial charge in [-0.3, -0.25) is 9.59 Å². The van der Waals surface area contributed by atoms with Crippen LogP contribution in [0.1, 0.15) is 44.1 Å². The first-order valence-electron chi connectivity index (χ1n) is 10.9. The molecule has 2 amide bonds. The Bertz CT molecular complexity index is 818. The Labute approximate surface area is 172 Å². The van der Waals surface area contributed by atoms with Gasteiger partial charge in [-0.05, 0) is 56.2 Å². The summed E-state index contributed by atoms with van der Waals surface area (Å²) < 4.78 is 1.84. The van der Waals surface area contributed by atoms with Crippen molar-refractivity contribution in [1.29, 1.82) is 0 Å². The molecule has 0 saturated carbocycles. The van der Waals surface area contributed by atoms with Crippen LogP contribution in [0.5, 0.6) is 0 Å². The van der Waals surface area contributed by atoms with E-state index in [-0.39, 0.29) is 11.8 Å². The van der Waals surface area contributed by atoms with Gasteiger partial charge in [0.05, 0.1) is 11.9 Å². The van der Waals surface area contributed by atoms with Gasteiger partial charge in [-0.25, -0.2) is 4.68 Å². The van der Waals surface area contributed by atoms with Crippen molar-refractivity contribution in [2.45, 2.75) is 44.9 Å². The van der Waals surface area contributed by atoms with Crippen molar-refractivity contribution in [2.75, 3.05) is 26.2 Å². The molecule has 4 rings (SSSR count). The van der Waals surface area contributed by atoms with E-state index in [1.165, 1.54) is 6.42 Å². The molecule has 154 valence electrons. The van der Waals surface area contributed by atoms with Crippen molar-refractivity contribution >= 4 is 11.8 Å². The zero-order chi connectivity index (χ0) is 20.1. The Balaban J connectivity index is 1.23. The fourth-order valence-corrected chi connectivity index (χ4v) is 4.37. The van der Waals surface area contributed by atoms with Crippen molar-refractivity contribution in [3.05, 3.63) is 48.3 Å². The molecule has 29 heavy (non-hydrogen) atoms. The number of rotatable bonds is 5. The zero-order valence-corrected chi connectivity index (χ0v) is 17.0. The highest BCUT2D eigenvalue weighted by Crippen LogP contribution is 2.22. The Morgan fingerprint density at radius 1 is 0.931 bits per heavy atom. The van der Waals surface area contributed by atoms with Gasteiger partial charge in [0.1, 0.15) is 0 Å². The fourth-order valence-electron chi connectivity index (χ4n) is 4.37. The van der Waals surface area contributed by atoms with Crippen LogP contribution in [-0.4, -0.2) is 57.6 Å². The number of para-hydroxylation sites is 1. The Morgan fingerprint density at radius 3 is 2.38 bits per heavy atom. The Hall–Kier alpha value is -2.63. The molecule has 0 N–H and O–H groups in total. The molecule has 0 aliphatic carbocycles. The number of hydrogen-bond acceptors (Lipinski definition) is 3. The van der Waals surface area contributed by atoms with Gasteiger partial charge in [-0.1, -0.05) is 18.2 Å². The number of carbonyl (C=O) groups excluding carboxylic acids is 2. The number of likely N-dealkylation sites (tertiary alicyclic amines) is 2. The summed E-state index contributed by atoms with van der Waals surface area (Å²) in [6.45, 7) is 3.22. The monoisotopic (exact) mass is 394 g/mol. The van der Waals surface area contributed by atoms with Crippen LogP contribution < -0.4 is 0 Å². The molecule has 0 spiro atoms. The lowest BCUT2D eigenvalue weighted by molar-refractivity contribution is -0.141. The van der Waals surface area contributed by atoms with Crippen LogP contribution in [0.3, 0.4) is 0 Å². The fraction of sp³-hybridized carbons (Fsp3) is 0.522. The van der Waals surface area contributed by atoms with E-state index in [1.54, 1.807) is 0 Å². The highest BCUT2D eigenvalue weighted by Gasteiger charge is 2.30. The molecule has 6 heteroatoms. The lowest BCUT2D eigenvalue weighted by atomic mass is 9.94. The number of carbonyl (C=O) groups is 2. The van der Waals surface area contributed by atoms with E-state index in [0.29, 0.717) is 31.8 Å². The summed E-state index contributed by atoms with van der Waals surface area (Å²) in [6.07, 6.45) is 10.1. The third-order valence-electron chi connectivity index (χ3n) is 6.15. The molecule has 0 atom stereocenters. The predicted octanol–water partition coefficient (Wildman–Crippen LogP) is 3.06. The van der Waals surface area contributed by atoms with Crippen LogP contribution in [0.25, 0.3) is 5.69 Å². The maximum absolute atomic E-state index is 12.7. The SMILES string of the molecule is O=C(CCc1cnn(-c2ccccc2)c1)N1CCC(C(=O)N2CCCCC2)CC1. The molecule has 0 bridgehead atoms. The van der Waals surface area contributed by atoms with Gasteiger partial charge >= 0.3 is 0 Å². The molecule has 1 aromatic carbocycles. The Morgan fingerprint density at radius 2 is 1.66 bits per heavy atom. The maximum atomic E-state index is 12.7. The minimum Gasteiger partial charge on any atom is -0.343 e. The zero-order valence-electron chi connectivity index (χ0n) is 17.0. The van der Waals surface area contributed by atoms with Crippen LogP contribution in [0.2, 0.25) is 0 Å². The van der Waals surface area contributed by atoms with Crippen molar-refractivity contribution in [1.82, 2.24) is 19.6 Å². The topological polar surface area (TPSA) is 58.4 Å². The summed E-state index contributed by atoms with van der Waals surface area (Å²) in [6, 6.07) is 9.98. The smallest absolute Gasteiger partial charge is 0.225 e. The van der Waals surface area contributed by atoms with Gasteiger partial charge in [0.2, 0.25) is 11.8 Å². The van der Waals surface area contributed by atoms with Crippen molar-refractivity contribution in [3.8, 4) is 5.69 Å². The van der Waals surface area contributed by atoms with E-state index >= 15 is 0 Å². The highest BCUT2D eigenvalue weighted by atomic mass is 16.2. The number of benzene rings is 1. The molecule has 1 aromatic heterocycles. The van der Waals surface area contributed by atoms with E-state index in [4.69, 9.17) is 0 Å². The van der Waals surface area contributed by atoms with E-state index in [2.05, 4.69) is 5.10 Å². The molecule has 2 aliphatic rings. The second-order valence-electron chi connectivity index (χ2n) is 8.17. The molecule has 6 nitrogen and oxygen atoms in total. The molecule has 0 unspecified atom stereocenters. The predicted molar refractivity (Wildman–Crippen MR) is 112 cm³/mol. The van der Waals surface area contributed by atoms with E-state index in [9.17, 15) is 9.59 Å². The first-order chi connectivity index (χ1) is 14.2. The number of amides is 2. The standard InChI is InChI=1S/C23H30N4O2/c28-22(10-9-19-17-24-27(18-19)21-7-3-1-4-8-21)25-15-11-20(12-16-25)23(29)26-13-5-2-6-14-26/h1,3-4,7-8,17-18,20H,2,5-6,9-16H2. The van der Waals surface area contributed by atoms with Crippen molar-refractivity contribution < 1.29 is 9.59 Å². The first-order valence-corrected chi connectivity index (χ1v) is 10.9. The normalized spacial score (nSPS) is 18.1. The molecule has 3 heterocycles. The lowest BCUT2D eigenvalue weighted by Crippen LogP contribution is -2.45. The second-order valence-corrected chi connectivity index (χ2v) is 8.17. The highest BCUT2D eigenvalue weighted by molar-refractivity contribution is 5.80. The summed E-state index contributed by atoms with van der Waals surface area (Å²) in [5, 5.41) is 4.40. The van der Waals surface area contributed by atoms with Crippen LogP contribution in [0, 0.1) is 5.92 Å². The van der Waals surface area contributed by atoms with Gasteiger partial charge in [-0.2, -0.15) is 5.10 Å². The number of hydrogen-bond donors (Lipinski definition) is 0. The van der Waals surface area contributed by atoms with E-state index in [1.807, 2.05) is 57.2 Å². The average molecular weight is 395 g/mol. The molecular weight excluding hydrogens is 364 g/mol. The van der Waals surface area contributed by atoms with Crippen molar-refractivity contribution in [3.63, 3.8) is 0 Å².